The van der Waals surface area contributed by atoms with Crippen LogP contribution >= 0.6 is 0 Å². The summed E-state index contributed by atoms with van der Waals surface area (Å²) in [6.45, 7) is 4.46. The molecule has 0 radical (unpaired) electrons. The van der Waals surface area contributed by atoms with Crippen molar-refractivity contribution in [2.24, 2.45) is 0 Å². The van der Waals surface area contributed by atoms with Crippen molar-refractivity contribution in [1.29, 1.82) is 0 Å². The van der Waals surface area contributed by atoms with E-state index >= 15 is 0 Å². The predicted octanol–water partition coefficient (Wildman–Crippen LogP) is 1.65. The van der Waals surface area contributed by atoms with Crippen LogP contribution < -0.4 is 15.4 Å². The molecule has 1 amide bonds. The molecule has 0 spiro atoms. The van der Waals surface area contributed by atoms with Crippen LogP contribution in [0.5, 0.6) is 5.75 Å². The van der Waals surface area contributed by atoms with Crippen LogP contribution in [-0.4, -0.2) is 39.3 Å². The van der Waals surface area contributed by atoms with Crippen LogP contribution in [0.15, 0.2) is 24.3 Å². The van der Waals surface area contributed by atoms with Gasteiger partial charge in [0.15, 0.2) is 0 Å². The van der Waals surface area contributed by atoms with Gasteiger partial charge in [0.1, 0.15) is 5.75 Å². The second-order valence-corrected chi connectivity index (χ2v) is 3.98. The van der Waals surface area contributed by atoms with Gasteiger partial charge in [-0.15, -0.1) is 0 Å². The highest BCUT2D eigenvalue weighted by atomic mass is 16.5. The maximum Gasteiger partial charge on any atom is 0.238 e. The Morgan fingerprint density at radius 2 is 2.11 bits per heavy atom. The number of ether oxygens (including phenoxy) is 2. The summed E-state index contributed by atoms with van der Waals surface area (Å²) < 4.78 is 10.4. The van der Waals surface area contributed by atoms with Crippen molar-refractivity contribution in [1.82, 2.24) is 5.32 Å². The number of hydrogen-bond acceptors (Lipinski definition) is 4. The number of methoxy groups -OCH3 is 1. The molecule has 0 saturated heterocycles. The Morgan fingerprint density at radius 3 is 2.84 bits per heavy atom. The van der Waals surface area contributed by atoms with E-state index in [1.807, 2.05) is 31.2 Å². The number of carbonyl (C=O) groups is 1. The van der Waals surface area contributed by atoms with Gasteiger partial charge in [-0.3, -0.25) is 4.79 Å². The van der Waals surface area contributed by atoms with Crippen LogP contribution in [0.2, 0.25) is 0 Å². The van der Waals surface area contributed by atoms with Gasteiger partial charge in [-0.05, 0) is 32.0 Å². The third-order valence-corrected chi connectivity index (χ3v) is 2.51. The number of para-hydroxylation sites is 2. The number of amides is 1. The standard InChI is InChI=1S/C14H22N2O3/c1-3-19-10-6-9-15-11-14(17)16-12-7-4-5-8-13(12)18-2/h4-5,7-8,15H,3,6,9-11H2,1-2H3,(H,16,17). The lowest BCUT2D eigenvalue weighted by atomic mass is 10.3. The smallest absolute Gasteiger partial charge is 0.238 e. The van der Waals surface area contributed by atoms with Crippen LogP contribution in [0.3, 0.4) is 0 Å². The third-order valence-electron chi connectivity index (χ3n) is 2.51. The average molecular weight is 266 g/mol. The van der Waals surface area contributed by atoms with Crippen molar-refractivity contribution in [2.45, 2.75) is 13.3 Å². The number of nitrogens with one attached hydrogen (secondary N) is 2. The van der Waals surface area contributed by atoms with Gasteiger partial charge in [-0.1, -0.05) is 12.1 Å². The number of hydrogen-bond donors (Lipinski definition) is 2. The Bertz CT molecular complexity index is 383. The summed E-state index contributed by atoms with van der Waals surface area (Å²) in [7, 11) is 1.58. The molecular formula is C14H22N2O3. The van der Waals surface area contributed by atoms with Gasteiger partial charge < -0.3 is 20.1 Å². The summed E-state index contributed by atoms with van der Waals surface area (Å²) in [5, 5.41) is 5.87. The quantitative estimate of drug-likeness (QED) is 0.667. The lowest BCUT2D eigenvalue weighted by Gasteiger charge is -2.10. The predicted molar refractivity (Wildman–Crippen MR) is 75.6 cm³/mol. The van der Waals surface area contributed by atoms with Crippen molar-refractivity contribution in [3.05, 3.63) is 24.3 Å². The Labute approximate surface area is 114 Å². The lowest BCUT2D eigenvalue weighted by molar-refractivity contribution is -0.115. The zero-order valence-corrected chi connectivity index (χ0v) is 11.6. The highest BCUT2D eigenvalue weighted by molar-refractivity contribution is 5.93. The van der Waals surface area contributed by atoms with Crippen molar-refractivity contribution in [3.8, 4) is 5.75 Å². The first-order valence-electron chi connectivity index (χ1n) is 6.49. The van der Waals surface area contributed by atoms with E-state index in [2.05, 4.69) is 10.6 Å². The first kappa shape index (κ1) is 15.5. The molecule has 19 heavy (non-hydrogen) atoms. The van der Waals surface area contributed by atoms with Crippen LogP contribution in [-0.2, 0) is 9.53 Å². The minimum Gasteiger partial charge on any atom is -0.495 e. The van der Waals surface area contributed by atoms with E-state index in [0.717, 1.165) is 26.2 Å². The summed E-state index contributed by atoms with van der Waals surface area (Å²) in [6.07, 6.45) is 0.899. The minimum absolute atomic E-state index is 0.0825. The van der Waals surface area contributed by atoms with Crippen molar-refractivity contribution >= 4 is 11.6 Å². The van der Waals surface area contributed by atoms with Gasteiger partial charge in [0.25, 0.3) is 0 Å². The SMILES string of the molecule is CCOCCCNCC(=O)Nc1ccccc1OC. The Hall–Kier alpha value is -1.59. The maximum atomic E-state index is 11.7. The molecule has 0 fully saturated rings. The van der Waals surface area contributed by atoms with Crippen LogP contribution in [0, 0.1) is 0 Å². The summed E-state index contributed by atoms with van der Waals surface area (Å²) in [6, 6.07) is 7.34. The van der Waals surface area contributed by atoms with E-state index < -0.39 is 0 Å². The molecule has 106 valence electrons. The van der Waals surface area contributed by atoms with Gasteiger partial charge in [0, 0.05) is 13.2 Å². The topological polar surface area (TPSA) is 59.6 Å². The van der Waals surface area contributed by atoms with Gasteiger partial charge in [0.05, 0.1) is 19.3 Å². The molecule has 0 aliphatic rings. The Kier molecular flexibility index (Phi) is 7.62. The van der Waals surface area contributed by atoms with Gasteiger partial charge in [-0.25, -0.2) is 0 Å². The van der Waals surface area contributed by atoms with Gasteiger partial charge in [0.2, 0.25) is 5.91 Å². The normalized spacial score (nSPS) is 10.2. The molecule has 0 unspecified atom stereocenters. The van der Waals surface area contributed by atoms with E-state index in [0.29, 0.717) is 11.4 Å². The van der Waals surface area contributed by atoms with Crippen molar-refractivity contribution in [3.63, 3.8) is 0 Å². The molecule has 0 saturated carbocycles. The lowest BCUT2D eigenvalue weighted by Crippen LogP contribution is -2.29. The highest BCUT2D eigenvalue weighted by Gasteiger charge is 2.05. The number of benzene rings is 1. The molecule has 1 aromatic rings. The fourth-order valence-corrected chi connectivity index (χ4v) is 1.59. The Morgan fingerprint density at radius 1 is 1.32 bits per heavy atom. The molecule has 2 N–H and O–H groups in total. The molecule has 0 aliphatic carbocycles. The third kappa shape index (κ3) is 6.22. The van der Waals surface area contributed by atoms with E-state index in [4.69, 9.17) is 9.47 Å². The Balaban J connectivity index is 2.23. The number of carbonyl (C=O) groups excluding carboxylic acids is 1. The van der Waals surface area contributed by atoms with E-state index in [9.17, 15) is 4.79 Å². The molecule has 0 atom stereocenters. The first-order valence-corrected chi connectivity index (χ1v) is 6.49. The monoisotopic (exact) mass is 266 g/mol. The largest absolute Gasteiger partial charge is 0.495 e. The highest BCUT2D eigenvalue weighted by Crippen LogP contribution is 2.22. The van der Waals surface area contributed by atoms with E-state index in [-0.39, 0.29) is 12.5 Å². The molecule has 0 aromatic heterocycles. The van der Waals surface area contributed by atoms with Gasteiger partial charge >= 0.3 is 0 Å². The number of rotatable bonds is 9. The van der Waals surface area contributed by atoms with Gasteiger partial charge in [-0.2, -0.15) is 0 Å². The second kappa shape index (κ2) is 9.35. The molecule has 1 rings (SSSR count). The summed E-state index contributed by atoms with van der Waals surface area (Å²) in [5.41, 5.74) is 0.686. The molecule has 0 aliphatic heterocycles. The second-order valence-electron chi connectivity index (χ2n) is 3.98. The zero-order chi connectivity index (χ0) is 13.9. The average Bonchev–Trinajstić information content (AvgIpc) is 2.43. The van der Waals surface area contributed by atoms with E-state index in [1.54, 1.807) is 7.11 Å². The molecule has 5 heteroatoms. The van der Waals surface area contributed by atoms with Crippen LogP contribution in [0.4, 0.5) is 5.69 Å². The van der Waals surface area contributed by atoms with E-state index in [1.165, 1.54) is 0 Å². The molecule has 1 aromatic carbocycles. The van der Waals surface area contributed by atoms with Crippen LogP contribution in [0.25, 0.3) is 0 Å². The summed E-state index contributed by atoms with van der Waals surface area (Å²) >= 11 is 0. The van der Waals surface area contributed by atoms with Crippen molar-refractivity contribution in [2.75, 3.05) is 38.7 Å². The maximum absolute atomic E-state index is 11.7. The number of anilines is 1. The molecular weight excluding hydrogens is 244 g/mol. The van der Waals surface area contributed by atoms with Crippen LogP contribution in [0.1, 0.15) is 13.3 Å². The molecule has 0 bridgehead atoms. The summed E-state index contributed by atoms with van der Waals surface area (Å²) in [4.78, 5) is 11.7. The fourth-order valence-electron chi connectivity index (χ4n) is 1.59. The van der Waals surface area contributed by atoms with Crippen molar-refractivity contribution < 1.29 is 14.3 Å². The minimum atomic E-state index is -0.0825. The first-order chi connectivity index (χ1) is 9.27. The molecule has 0 heterocycles. The fraction of sp³-hybridized carbons (Fsp3) is 0.500. The summed E-state index contributed by atoms with van der Waals surface area (Å²) in [5.74, 6) is 0.577. The zero-order valence-electron chi connectivity index (χ0n) is 11.6. The molecule has 5 nitrogen and oxygen atoms in total.